The van der Waals surface area contributed by atoms with Crippen LogP contribution in [0.4, 0.5) is 4.39 Å². The van der Waals surface area contributed by atoms with E-state index in [2.05, 4.69) is 21.8 Å². The van der Waals surface area contributed by atoms with Crippen molar-refractivity contribution in [1.29, 1.82) is 0 Å². The highest BCUT2D eigenvalue weighted by atomic mass is 19.1. The number of hydrogen-bond acceptors (Lipinski definition) is 4. The summed E-state index contributed by atoms with van der Waals surface area (Å²) in [6.45, 7) is 5.12. The Hall–Kier alpha value is -2.99. The predicted molar refractivity (Wildman–Crippen MR) is 122 cm³/mol. The molecule has 0 aliphatic rings. The first-order valence-corrected chi connectivity index (χ1v) is 10.7. The van der Waals surface area contributed by atoms with Crippen LogP contribution in [0.25, 0.3) is 22.4 Å². The van der Waals surface area contributed by atoms with Gasteiger partial charge in [0.15, 0.2) is 0 Å². The minimum atomic E-state index is -0.350. The van der Waals surface area contributed by atoms with Gasteiger partial charge in [-0.3, -0.25) is 4.98 Å². The molecule has 31 heavy (non-hydrogen) atoms. The second-order valence-electron chi connectivity index (χ2n) is 7.82. The van der Waals surface area contributed by atoms with Crippen LogP contribution < -0.4 is 0 Å². The zero-order chi connectivity index (χ0) is 22.4. The first-order chi connectivity index (χ1) is 15.0. The second-order valence-corrected chi connectivity index (χ2v) is 7.82. The number of H-pyrrole nitrogens is 1. The van der Waals surface area contributed by atoms with Crippen molar-refractivity contribution < 1.29 is 13.9 Å². The van der Waals surface area contributed by atoms with Crippen LogP contribution >= 0.6 is 0 Å². The highest BCUT2D eigenvalue weighted by Gasteiger charge is 2.29. The summed E-state index contributed by atoms with van der Waals surface area (Å²) >= 11 is 0. The van der Waals surface area contributed by atoms with Gasteiger partial charge in [0, 0.05) is 29.6 Å². The van der Waals surface area contributed by atoms with E-state index in [0.29, 0.717) is 12.2 Å². The van der Waals surface area contributed by atoms with Gasteiger partial charge in [0.2, 0.25) is 0 Å². The van der Waals surface area contributed by atoms with Crippen molar-refractivity contribution in [2.45, 2.75) is 32.6 Å². The summed E-state index contributed by atoms with van der Waals surface area (Å²) in [5.41, 5.74) is 4.65. The van der Waals surface area contributed by atoms with Gasteiger partial charge in [-0.15, -0.1) is 0 Å². The molecule has 1 aromatic carbocycles. The normalized spacial score (nSPS) is 12.2. The third-order valence-corrected chi connectivity index (χ3v) is 5.44. The van der Waals surface area contributed by atoms with Gasteiger partial charge in [-0.25, -0.2) is 9.18 Å². The lowest BCUT2D eigenvalue weighted by Crippen LogP contribution is -2.17. The van der Waals surface area contributed by atoms with E-state index >= 15 is 0 Å². The molecule has 1 unspecified atom stereocenters. The van der Waals surface area contributed by atoms with Crippen LogP contribution in [0.2, 0.25) is 0 Å². The Labute approximate surface area is 183 Å². The van der Waals surface area contributed by atoms with Crippen molar-refractivity contribution >= 4 is 5.97 Å². The number of ether oxygens (including phenoxy) is 1. The number of nitrogens with zero attached hydrogens (tertiary/aromatic N) is 2. The van der Waals surface area contributed by atoms with E-state index in [-0.39, 0.29) is 17.7 Å². The Balaban J connectivity index is 2.26. The van der Waals surface area contributed by atoms with E-state index in [1.165, 1.54) is 12.1 Å². The third kappa shape index (κ3) is 5.20. The largest absolute Gasteiger partial charge is 0.462 e. The molecule has 3 rings (SSSR count). The van der Waals surface area contributed by atoms with Gasteiger partial charge < -0.3 is 14.6 Å². The smallest absolute Gasteiger partial charge is 0.340 e. The summed E-state index contributed by atoms with van der Waals surface area (Å²) in [5, 5.41) is 0. The summed E-state index contributed by atoms with van der Waals surface area (Å²) in [4.78, 5) is 23.0. The molecule has 0 radical (unpaired) electrons. The van der Waals surface area contributed by atoms with Crippen LogP contribution in [-0.4, -0.2) is 48.1 Å². The minimum absolute atomic E-state index is 0.150. The van der Waals surface area contributed by atoms with Crippen molar-refractivity contribution in [3.05, 3.63) is 65.9 Å². The zero-order valence-corrected chi connectivity index (χ0v) is 18.6. The Kier molecular flexibility index (Phi) is 7.58. The van der Waals surface area contributed by atoms with Gasteiger partial charge >= 0.3 is 5.97 Å². The van der Waals surface area contributed by atoms with Crippen LogP contribution in [0.5, 0.6) is 0 Å². The molecular formula is C25H30FN3O2. The number of pyridine rings is 1. The molecule has 164 valence electrons. The maximum absolute atomic E-state index is 13.6. The number of esters is 1. The number of aromatic nitrogens is 2. The van der Waals surface area contributed by atoms with Crippen LogP contribution in [0.1, 0.15) is 48.7 Å². The number of nitrogens with one attached hydrogen (secondary N) is 1. The fourth-order valence-corrected chi connectivity index (χ4v) is 3.85. The average Bonchev–Trinajstić information content (AvgIpc) is 3.16. The minimum Gasteiger partial charge on any atom is -0.462 e. The molecule has 0 bridgehead atoms. The Bertz CT molecular complexity index is 998. The highest BCUT2D eigenvalue weighted by molar-refractivity contribution is 6.03. The second kappa shape index (κ2) is 10.4. The summed E-state index contributed by atoms with van der Waals surface area (Å²) in [6, 6.07) is 10.1. The average molecular weight is 424 g/mol. The van der Waals surface area contributed by atoms with Crippen LogP contribution in [0.3, 0.4) is 0 Å². The highest BCUT2D eigenvalue weighted by Crippen LogP contribution is 2.41. The molecule has 2 heterocycles. The fourth-order valence-electron chi connectivity index (χ4n) is 3.85. The lowest BCUT2D eigenvalue weighted by Gasteiger charge is -2.18. The van der Waals surface area contributed by atoms with E-state index in [1.54, 1.807) is 31.5 Å². The van der Waals surface area contributed by atoms with Gasteiger partial charge in [-0.1, -0.05) is 6.92 Å². The fraction of sp³-hybridized carbons (Fsp3) is 0.360. The lowest BCUT2D eigenvalue weighted by molar-refractivity contribution is 0.0525. The van der Waals surface area contributed by atoms with Gasteiger partial charge in [-0.05, 0) is 87.9 Å². The zero-order valence-electron chi connectivity index (χ0n) is 18.6. The molecule has 3 aromatic rings. The molecule has 0 aliphatic heterocycles. The van der Waals surface area contributed by atoms with Gasteiger partial charge in [0.05, 0.1) is 17.9 Å². The van der Waals surface area contributed by atoms with Crippen molar-refractivity contribution in [3.63, 3.8) is 0 Å². The summed E-state index contributed by atoms with van der Waals surface area (Å²) in [6.07, 6.45) is 5.18. The van der Waals surface area contributed by atoms with Gasteiger partial charge in [0.1, 0.15) is 5.82 Å². The number of benzene rings is 1. The quantitative estimate of drug-likeness (QED) is 0.462. The molecule has 0 fully saturated rings. The Morgan fingerprint density at radius 3 is 2.35 bits per heavy atom. The molecule has 5 nitrogen and oxygen atoms in total. The van der Waals surface area contributed by atoms with E-state index in [0.717, 1.165) is 47.5 Å². The van der Waals surface area contributed by atoms with E-state index < -0.39 is 0 Å². The van der Waals surface area contributed by atoms with Crippen LogP contribution in [-0.2, 0) is 4.74 Å². The maximum Gasteiger partial charge on any atom is 0.340 e. The van der Waals surface area contributed by atoms with Crippen molar-refractivity contribution in [3.8, 4) is 22.4 Å². The van der Waals surface area contributed by atoms with Crippen molar-refractivity contribution in [2.24, 2.45) is 0 Å². The molecule has 2 aromatic heterocycles. The molecule has 1 N–H and O–H groups in total. The molecule has 0 aliphatic carbocycles. The van der Waals surface area contributed by atoms with E-state index in [4.69, 9.17) is 4.74 Å². The molecule has 1 atom stereocenters. The molecule has 0 spiro atoms. The molecule has 0 saturated heterocycles. The molecule has 6 heteroatoms. The topological polar surface area (TPSA) is 58.2 Å². The van der Waals surface area contributed by atoms with E-state index in [1.807, 2.05) is 26.2 Å². The number of carbonyl (C=O) groups is 1. The molecule has 0 saturated carbocycles. The lowest BCUT2D eigenvalue weighted by atomic mass is 9.91. The first-order valence-electron chi connectivity index (χ1n) is 10.7. The summed E-state index contributed by atoms with van der Waals surface area (Å²) in [7, 11) is 4.08. The van der Waals surface area contributed by atoms with Crippen molar-refractivity contribution in [2.75, 3.05) is 27.2 Å². The van der Waals surface area contributed by atoms with Crippen molar-refractivity contribution in [1.82, 2.24) is 14.9 Å². The molecular weight excluding hydrogens is 393 g/mol. The third-order valence-electron chi connectivity index (χ3n) is 5.44. The standard InChI is InChI=1S/C25H30FN3O2/c1-5-17(13-16-29(3)4)23-22(25(30)31-6-2)21(18-11-14-27-15-12-18)24(28-23)19-7-9-20(26)10-8-19/h7-12,14-15,17,28H,5-6,13,16H2,1-4H3. The number of aromatic amines is 1. The number of rotatable bonds is 9. The van der Waals surface area contributed by atoms with Gasteiger partial charge in [0.25, 0.3) is 0 Å². The first kappa shape index (κ1) is 22.7. The number of hydrogen-bond donors (Lipinski definition) is 1. The maximum atomic E-state index is 13.6. The molecule has 0 amide bonds. The SMILES string of the molecule is CCOC(=O)c1c(C(CC)CCN(C)C)[nH]c(-c2ccc(F)cc2)c1-c1ccncc1. The number of halogens is 1. The van der Waals surface area contributed by atoms with Crippen LogP contribution in [0.15, 0.2) is 48.8 Å². The summed E-state index contributed by atoms with van der Waals surface area (Å²) < 4.78 is 19.1. The Morgan fingerprint density at radius 2 is 1.77 bits per heavy atom. The van der Waals surface area contributed by atoms with Crippen LogP contribution in [0, 0.1) is 5.82 Å². The van der Waals surface area contributed by atoms with Gasteiger partial charge in [-0.2, -0.15) is 0 Å². The number of carbonyl (C=O) groups excluding carboxylic acids is 1. The summed E-state index contributed by atoms with van der Waals surface area (Å²) in [5.74, 6) is -0.502. The van der Waals surface area contributed by atoms with E-state index in [9.17, 15) is 9.18 Å². The predicted octanol–water partition coefficient (Wildman–Crippen LogP) is 5.50. The monoisotopic (exact) mass is 423 g/mol. The Morgan fingerprint density at radius 1 is 1.10 bits per heavy atom.